The number of hydrogen-bond acceptors (Lipinski definition) is 4. The summed E-state index contributed by atoms with van der Waals surface area (Å²) in [6, 6.07) is 17.3. The second-order valence-electron chi connectivity index (χ2n) is 6.97. The minimum atomic E-state index is -0.488. The summed E-state index contributed by atoms with van der Waals surface area (Å²) < 4.78 is 14.1. The van der Waals surface area contributed by atoms with Gasteiger partial charge in [0, 0.05) is 23.1 Å². The van der Waals surface area contributed by atoms with E-state index in [9.17, 15) is 9.18 Å². The van der Waals surface area contributed by atoms with Crippen LogP contribution in [0.1, 0.15) is 29.8 Å². The number of amides is 1. The van der Waals surface area contributed by atoms with E-state index in [0.717, 1.165) is 5.56 Å². The first-order chi connectivity index (χ1) is 12.9. The molecule has 0 fully saturated rings. The van der Waals surface area contributed by atoms with Gasteiger partial charge >= 0.3 is 0 Å². The van der Waals surface area contributed by atoms with Gasteiger partial charge in [-0.2, -0.15) is 0 Å². The van der Waals surface area contributed by atoms with E-state index < -0.39 is 11.3 Å². The van der Waals surface area contributed by atoms with Crippen molar-refractivity contribution in [1.82, 2.24) is 10.2 Å². The molecule has 0 saturated heterocycles. The Morgan fingerprint density at radius 1 is 1.07 bits per heavy atom. The normalized spacial score (nSPS) is 11.2. The maximum absolute atomic E-state index is 14.1. The first-order valence-corrected chi connectivity index (χ1v) is 8.60. The molecule has 3 rings (SSSR count). The first-order valence-electron chi connectivity index (χ1n) is 8.60. The topological polar surface area (TPSA) is 80.9 Å². The number of rotatable bonds is 6. The molecule has 138 valence electrons. The Morgan fingerprint density at radius 2 is 1.85 bits per heavy atom. The summed E-state index contributed by atoms with van der Waals surface area (Å²) in [5, 5.41) is 11.6. The van der Waals surface area contributed by atoms with Crippen LogP contribution in [0.4, 0.5) is 10.2 Å². The van der Waals surface area contributed by atoms with E-state index in [1.165, 1.54) is 6.07 Å². The van der Waals surface area contributed by atoms with Gasteiger partial charge in [-0.1, -0.05) is 44.2 Å². The molecule has 0 aliphatic rings. The Labute approximate surface area is 157 Å². The predicted molar refractivity (Wildman–Crippen MR) is 104 cm³/mol. The summed E-state index contributed by atoms with van der Waals surface area (Å²) in [6.07, 6.45) is 0. The van der Waals surface area contributed by atoms with E-state index in [-0.39, 0.29) is 5.82 Å². The zero-order chi connectivity index (χ0) is 19.4. The molecule has 6 heteroatoms. The lowest BCUT2D eigenvalue weighted by atomic mass is 9.84. The molecular formula is C21H21FN4O. The maximum Gasteiger partial charge on any atom is 0.248 e. The van der Waals surface area contributed by atoms with E-state index in [2.05, 4.69) is 15.5 Å². The zero-order valence-electron chi connectivity index (χ0n) is 15.2. The SMILES string of the molecule is CC(C)(CNc1ccc(-c2cccc(C(N)=O)c2)nn1)c1ccccc1F. The molecule has 0 atom stereocenters. The largest absolute Gasteiger partial charge is 0.368 e. The number of aromatic nitrogens is 2. The Morgan fingerprint density at radius 3 is 2.52 bits per heavy atom. The van der Waals surface area contributed by atoms with Crippen molar-refractivity contribution in [3.05, 3.63) is 77.6 Å². The first kappa shape index (κ1) is 18.5. The van der Waals surface area contributed by atoms with Gasteiger partial charge < -0.3 is 11.1 Å². The van der Waals surface area contributed by atoms with Crippen LogP contribution in [-0.4, -0.2) is 22.6 Å². The molecule has 1 aromatic heterocycles. The second-order valence-corrected chi connectivity index (χ2v) is 6.97. The molecule has 0 bridgehead atoms. The van der Waals surface area contributed by atoms with Crippen molar-refractivity contribution in [3.63, 3.8) is 0 Å². The van der Waals surface area contributed by atoms with Crippen LogP contribution in [0.15, 0.2) is 60.7 Å². The molecule has 0 aliphatic carbocycles. The number of carbonyl (C=O) groups excluding carboxylic acids is 1. The molecule has 1 heterocycles. The zero-order valence-corrected chi connectivity index (χ0v) is 15.2. The monoisotopic (exact) mass is 364 g/mol. The highest BCUT2D eigenvalue weighted by Crippen LogP contribution is 2.26. The summed E-state index contributed by atoms with van der Waals surface area (Å²) in [6.45, 7) is 4.43. The second kappa shape index (κ2) is 7.53. The van der Waals surface area contributed by atoms with Crippen molar-refractivity contribution in [2.45, 2.75) is 19.3 Å². The molecular weight excluding hydrogens is 343 g/mol. The van der Waals surface area contributed by atoms with E-state index in [0.29, 0.717) is 29.2 Å². The van der Waals surface area contributed by atoms with Crippen LogP contribution < -0.4 is 11.1 Å². The van der Waals surface area contributed by atoms with Gasteiger partial charge in [0.1, 0.15) is 11.6 Å². The van der Waals surface area contributed by atoms with Crippen molar-refractivity contribution in [2.24, 2.45) is 5.73 Å². The predicted octanol–water partition coefficient (Wildman–Crippen LogP) is 3.77. The molecule has 0 spiro atoms. The highest BCUT2D eigenvalue weighted by atomic mass is 19.1. The molecule has 0 unspecified atom stereocenters. The third-order valence-electron chi connectivity index (χ3n) is 4.42. The Balaban J connectivity index is 1.72. The number of benzene rings is 2. The summed E-state index contributed by atoms with van der Waals surface area (Å²) in [7, 11) is 0. The number of nitrogens with one attached hydrogen (secondary N) is 1. The van der Waals surface area contributed by atoms with Gasteiger partial charge in [0.25, 0.3) is 0 Å². The van der Waals surface area contributed by atoms with Gasteiger partial charge in [-0.25, -0.2) is 4.39 Å². The molecule has 5 nitrogen and oxygen atoms in total. The number of halogens is 1. The average Bonchev–Trinajstić information content (AvgIpc) is 2.67. The van der Waals surface area contributed by atoms with Gasteiger partial charge in [-0.3, -0.25) is 4.79 Å². The summed E-state index contributed by atoms with van der Waals surface area (Å²) in [5.41, 5.74) is 7.36. The van der Waals surface area contributed by atoms with Gasteiger partial charge in [-0.15, -0.1) is 10.2 Å². The molecule has 3 N–H and O–H groups in total. The molecule has 0 aliphatic heterocycles. The highest BCUT2D eigenvalue weighted by Gasteiger charge is 2.23. The van der Waals surface area contributed by atoms with E-state index in [1.807, 2.05) is 32.0 Å². The molecule has 1 amide bonds. The third kappa shape index (κ3) is 4.28. The fourth-order valence-corrected chi connectivity index (χ4v) is 2.83. The molecule has 0 saturated carbocycles. The van der Waals surface area contributed by atoms with Gasteiger partial charge in [0.2, 0.25) is 5.91 Å². The van der Waals surface area contributed by atoms with Crippen molar-refractivity contribution >= 4 is 11.7 Å². The smallest absolute Gasteiger partial charge is 0.248 e. The lowest BCUT2D eigenvalue weighted by Crippen LogP contribution is -2.29. The average molecular weight is 364 g/mol. The fraction of sp³-hybridized carbons (Fsp3) is 0.190. The molecule has 3 aromatic rings. The molecule has 0 radical (unpaired) electrons. The van der Waals surface area contributed by atoms with E-state index in [1.54, 1.807) is 36.4 Å². The van der Waals surface area contributed by atoms with Crippen LogP contribution in [0.3, 0.4) is 0 Å². The van der Waals surface area contributed by atoms with Crippen LogP contribution in [0.5, 0.6) is 0 Å². The van der Waals surface area contributed by atoms with Crippen LogP contribution in [0.2, 0.25) is 0 Å². The van der Waals surface area contributed by atoms with Crippen LogP contribution in [0, 0.1) is 5.82 Å². The van der Waals surface area contributed by atoms with Gasteiger partial charge in [0.15, 0.2) is 0 Å². The number of anilines is 1. The van der Waals surface area contributed by atoms with Gasteiger partial charge in [-0.05, 0) is 35.9 Å². The fourth-order valence-electron chi connectivity index (χ4n) is 2.83. The number of carbonyl (C=O) groups is 1. The minimum absolute atomic E-state index is 0.222. The summed E-state index contributed by atoms with van der Waals surface area (Å²) in [4.78, 5) is 11.3. The molecule has 2 aromatic carbocycles. The molecule has 27 heavy (non-hydrogen) atoms. The summed E-state index contributed by atoms with van der Waals surface area (Å²) in [5.74, 6) is -0.118. The lowest BCUT2D eigenvalue weighted by molar-refractivity contribution is 0.100. The standard InChI is InChI=1S/C21H21FN4O/c1-21(2,16-8-3-4-9-17(16)22)13-24-19-11-10-18(25-26-19)14-6-5-7-15(12-14)20(23)27/h3-12H,13H2,1-2H3,(H2,23,27)(H,24,26). The van der Waals surface area contributed by atoms with Crippen molar-refractivity contribution in [1.29, 1.82) is 0 Å². The Kier molecular flexibility index (Phi) is 5.16. The number of primary amides is 1. The van der Waals surface area contributed by atoms with Crippen LogP contribution in [-0.2, 0) is 5.41 Å². The Bertz CT molecular complexity index is 954. The van der Waals surface area contributed by atoms with Crippen LogP contribution >= 0.6 is 0 Å². The maximum atomic E-state index is 14.1. The van der Waals surface area contributed by atoms with Crippen molar-refractivity contribution in [2.75, 3.05) is 11.9 Å². The Hall–Kier alpha value is -3.28. The quantitative estimate of drug-likeness (QED) is 0.698. The van der Waals surface area contributed by atoms with Gasteiger partial charge in [0.05, 0.1) is 5.69 Å². The summed E-state index contributed by atoms with van der Waals surface area (Å²) >= 11 is 0. The number of nitrogens with two attached hydrogens (primary N) is 1. The highest BCUT2D eigenvalue weighted by molar-refractivity contribution is 5.93. The minimum Gasteiger partial charge on any atom is -0.368 e. The van der Waals surface area contributed by atoms with Crippen LogP contribution in [0.25, 0.3) is 11.3 Å². The van der Waals surface area contributed by atoms with E-state index >= 15 is 0 Å². The van der Waals surface area contributed by atoms with E-state index in [4.69, 9.17) is 5.73 Å². The number of hydrogen-bond donors (Lipinski definition) is 2. The van der Waals surface area contributed by atoms with Crippen molar-refractivity contribution in [3.8, 4) is 11.3 Å². The third-order valence-corrected chi connectivity index (χ3v) is 4.42. The van der Waals surface area contributed by atoms with Crippen molar-refractivity contribution < 1.29 is 9.18 Å². The lowest BCUT2D eigenvalue weighted by Gasteiger charge is -2.26. The number of nitrogens with zero attached hydrogens (tertiary/aromatic N) is 2.